The molecule has 6 atom stereocenters. The van der Waals surface area contributed by atoms with E-state index in [0.717, 1.165) is 50.3 Å². The minimum Gasteiger partial charge on any atom is -0.388 e. The Kier molecular flexibility index (Phi) is 22.1. The van der Waals surface area contributed by atoms with E-state index in [9.17, 15) is 42.6 Å². The number of benzene rings is 1. The number of nitrogens with zero attached hydrogens (tertiary/aromatic N) is 6. The summed E-state index contributed by atoms with van der Waals surface area (Å²) in [7, 11) is 1.99. The van der Waals surface area contributed by atoms with E-state index in [1.807, 2.05) is 33.0 Å². The van der Waals surface area contributed by atoms with Gasteiger partial charge in [0.05, 0.1) is 71.3 Å². The average molecular weight is 1030 g/mol. The Bertz CT molecular complexity index is 2190. The van der Waals surface area contributed by atoms with Gasteiger partial charge in [-0.15, -0.1) is 0 Å². The van der Waals surface area contributed by atoms with Crippen molar-refractivity contribution in [2.75, 3.05) is 103 Å². The summed E-state index contributed by atoms with van der Waals surface area (Å²) >= 11 is 0. The SMILES string of the molecule is CC(C)n1nccc1C(=O)N[C@H](C(=O)Nc1ccc(C[C@@H](NC(=O)COCCOCCOCCOC[C@H]2OC[C@H](Nc3cncc(C(F)(F)F)n3)[C@@H](O)[C@H]2O)C(=O)N2CCN(C)CC2)cc1)C1CCCCCC1. The van der Waals surface area contributed by atoms with Crippen LogP contribution >= 0.6 is 0 Å². The van der Waals surface area contributed by atoms with Gasteiger partial charge in [-0.05, 0) is 63.4 Å². The van der Waals surface area contributed by atoms with Crippen LogP contribution in [-0.2, 0) is 50.7 Å². The van der Waals surface area contributed by atoms with Crippen molar-refractivity contribution in [1.82, 2.24) is 40.2 Å². The summed E-state index contributed by atoms with van der Waals surface area (Å²) in [6.07, 6.45) is 0.874. The number of halogens is 3. The lowest BCUT2D eigenvalue weighted by Gasteiger charge is -2.38. The fourth-order valence-electron chi connectivity index (χ4n) is 8.87. The summed E-state index contributed by atoms with van der Waals surface area (Å²) < 4.78 is 68.3. The molecule has 6 rings (SSSR count). The molecular weight excluding hydrogens is 962 g/mol. The Morgan fingerprint density at radius 3 is 2.15 bits per heavy atom. The van der Waals surface area contributed by atoms with Gasteiger partial charge in [0, 0.05) is 50.5 Å². The molecular formula is C49H71F3N10O11. The van der Waals surface area contributed by atoms with Crippen LogP contribution in [0.1, 0.15) is 80.2 Å². The molecule has 0 radical (unpaired) electrons. The quantitative estimate of drug-likeness (QED) is 0.0527. The van der Waals surface area contributed by atoms with Gasteiger partial charge in [-0.25, -0.2) is 4.98 Å². The molecule has 1 aliphatic carbocycles. The number of piperazine rings is 1. The van der Waals surface area contributed by atoms with Crippen molar-refractivity contribution in [3.8, 4) is 0 Å². The standard InChI is InChI=1S/C49H71F3N10O11/c1-32(2)62-38(14-15-54-62)46(66)59-43(34-8-6-4-5-7-9-34)47(67)55-35-12-10-33(11-13-35)26-36(48(68)61-18-16-60(3)17-19-61)57-42(63)31-72-25-23-70-21-20-69-22-24-71-30-39-45(65)44(64)37(29-73-39)56-41-28-53-27-40(58-41)49(50,51)52/h10-15,27-28,32,34,36-37,39,43-45,64-65H,4-9,16-26,29-31H2,1-3H3,(H,55,67)(H,56,58)(H,57,63)(H,59,66)/t36-,37+,39-,43+,44-,45+/m1/s1. The number of aliphatic hydroxyl groups excluding tert-OH is 2. The highest BCUT2D eigenvalue weighted by molar-refractivity contribution is 6.00. The van der Waals surface area contributed by atoms with Crippen molar-refractivity contribution in [2.24, 2.45) is 5.92 Å². The fraction of sp³-hybridized carbons (Fsp3) is 0.653. The van der Waals surface area contributed by atoms with Crippen LogP contribution in [0.25, 0.3) is 0 Å². The largest absolute Gasteiger partial charge is 0.434 e. The number of hydrogen-bond acceptors (Lipinski definition) is 16. The van der Waals surface area contributed by atoms with E-state index in [-0.39, 0.29) is 101 Å². The molecule has 4 heterocycles. The number of ether oxygens (including phenoxy) is 5. The summed E-state index contributed by atoms with van der Waals surface area (Å²) in [6, 6.07) is 6.19. The second-order valence-corrected chi connectivity index (χ2v) is 18.8. The zero-order valence-corrected chi connectivity index (χ0v) is 41.8. The van der Waals surface area contributed by atoms with E-state index in [4.69, 9.17) is 23.7 Å². The van der Waals surface area contributed by atoms with Gasteiger partial charge < -0.3 is 65.0 Å². The first-order chi connectivity index (χ1) is 35.1. The second kappa shape index (κ2) is 28.4. The highest BCUT2D eigenvalue weighted by Crippen LogP contribution is 2.29. The zero-order valence-electron chi connectivity index (χ0n) is 41.8. The average Bonchev–Trinajstić information content (AvgIpc) is 3.72. The van der Waals surface area contributed by atoms with Gasteiger partial charge in [-0.1, -0.05) is 37.8 Å². The Hall–Kier alpha value is -5.34. The molecule has 3 aromatic rings. The van der Waals surface area contributed by atoms with Gasteiger partial charge in [-0.2, -0.15) is 18.3 Å². The Labute approximate surface area is 423 Å². The van der Waals surface area contributed by atoms with Crippen LogP contribution in [0.4, 0.5) is 24.7 Å². The van der Waals surface area contributed by atoms with Crippen LogP contribution in [0.5, 0.6) is 0 Å². The maximum atomic E-state index is 13.9. The smallest absolute Gasteiger partial charge is 0.388 e. The first-order valence-electron chi connectivity index (χ1n) is 25.0. The molecule has 404 valence electrons. The fourth-order valence-corrected chi connectivity index (χ4v) is 8.87. The number of carbonyl (C=O) groups is 4. The lowest BCUT2D eigenvalue weighted by molar-refractivity contribution is -0.161. The van der Waals surface area contributed by atoms with E-state index in [1.54, 1.807) is 34.0 Å². The highest BCUT2D eigenvalue weighted by Gasteiger charge is 2.40. The van der Waals surface area contributed by atoms with E-state index in [1.165, 1.54) is 0 Å². The third-order valence-corrected chi connectivity index (χ3v) is 13.0. The van der Waals surface area contributed by atoms with Gasteiger partial charge in [-0.3, -0.25) is 28.8 Å². The van der Waals surface area contributed by atoms with Crippen LogP contribution < -0.4 is 21.3 Å². The van der Waals surface area contributed by atoms with Crippen LogP contribution in [0, 0.1) is 5.92 Å². The van der Waals surface area contributed by atoms with Crippen molar-refractivity contribution in [3.63, 3.8) is 0 Å². The number of aliphatic hydroxyl groups is 2. The molecule has 3 fully saturated rings. The number of hydrogen-bond donors (Lipinski definition) is 6. The molecule has 73 heavy (non-hydrogen) atoms. The minimum atomic E-state index is -4.70. The molecule has 0 bridgehead atoms. The van der Waals surface area contributed by atoms with Gasteiger partial charge in [0.15, 0.2) is 5.69 Å². The molecule has 1 aromatic carbocycles. The van der Waals surface area contributed by atoms with E-state index < -0.39 is 54.2 Å². The number of carbonyl (C=O) groups excluding carboxylic acids is 4. The third-order valence-electron chi connectivity index (χ3n) is 13.0. The number of aromatic nitrogens is 4. The molecule has 1 saturated carbocycles. The highest BCUT2D eigenvalue weighted by atomic mass is 19.4. The van der Waals surface area contributed by atoms with Crippen molar-refractivity contribution in [3.05, 3.63) is 65.9 Å². The Balaban J connectivity index is 0.886. The number of nitrogens with one attached hydrogen (secondary N) is 4. The first-order valence-corrected chi connectivity index (χ1v) is 25.0. The maximum Gasteiger partial charge on any atom is 0.434 e. The minimum absolute atomic E-state index is 0.0264. The molecule has 2 saturated heterocycles. The lowest BCUT2D eigenvalue weighted by Crippen LogP contribution is -2.57. The molecule has 21 nitrogen and oxygen atoms in total. The Morgan fingerprint density at radius 2 is 1.49 bits per heavy atom. The van der Waals surface area contributed by atoms with Gasteiger partial charge in [0.1, 0.15) is 48.5 Å². The number of alkyl halides is 3. The molecule has 0 spiro atoms. The predicted octanol–water partition coefficient (Wildman–Crippen LogP) is 2.45. The molecule has 2 aliphatic heterocycles. The zero-order chi connectivity index (χ0) is 52.3. The summed E-state index contributed by atoms with van der Waals surface area (Å²) in [5.41, 5.74) is 0.491. The monoisotopic (exact) mass is 1030 g/mol. The second-order valence-electron chi connectivity index (χ2n) is 18.8. The predicted molar refractivity (Wildman–Crippen MR) is 259 cm³/mol. The lowest BCUT2D eigenvalue weighted by atomic mass is 9.91. The van der Waals surface area contributed by atoms with Crippen LogP contribution in [0.3, 0.4) is 0 Å². The third kappa shape index (κ3) is 17.6. The molecule has 2 aromatic heterocycles. The van der Waals surface area contributed by atoms with E-state index in [0.29, 0.717) is 43.8 Å². The van der Waals surface area contributed by atoms with E-state index in [2.05, 4.69) is 41.2 Å². The number of anilines is 2. The number of likely N-dealkylation sites (N-methyl/N-ethyl adjacent to an activating group) is 1. The van der Waals surface area contributed by atoms with Gasteiger partial charge in [0.2, 0.25) is 17.7 Å². The summed E-state index contributed by atoms with van der Waals surface area (Å²) in [4.78, 5) is 65.3. The molecule has 6 N–H and O–H groups in total. The maximum absolute atomic E-state index is 13.9. The Morgan fingerprint density at radius 1 is 0.836 bits per heavy atom. The summed E-state index contributed by atoms with van der Waals surface area (Å²) in [5.74, 6) is -1.58. The molecule has 24 heteroatoms. The first kappa shape index (κ1) is 56.9. The molecule has 3 aliphatic rings. The normalized spacial score (nSPS) is 21.0. The molecule has 4 amide bonds. The van der Waals surface area contributed by atoms with Crippen LogP contribution in [0.2, 0.25) is 0 Å². The summed E-state index contributed by atoms with van der Waals surface area (Å²) in [5, 5.41) is 36.9. The van der Waals surface area contributed by atoms with Crippen molar-refractivity contribution >= 4 is 35.1 Å². The van der Waals surface area contributed by atoms with Crippen LogP contribution in [-0.4, -0.2) is 193 Å². The van der Waals surface area contributed by atoms with Crippen molar-refractivity contribution < 1.29 is 66.2 Å². The number of amides is 4. The number of rotatable bonds is 25. The van der Waals surface area contributed by atoms with Gasteiger partial charge >= 0.3 is 6.18 Å². The van der Waals surface area contributed by atoms with Gasteiger partial charge in [0.25, 0.3) is 5.91 Å². The van der Waals surface area contributed by atoms with Crippen molar-refractivity contribution in [2.45, 2.75) is 107 Å². The van der Waals surface area contributed by atoms with Crippen LogP contribution in [0.15, 0.2) is 48.9 Å². The van der Waals surface area contributed by atoms with Crippen molar-refractivity contribution in [1.29, 1.82) is 0 Å². The molecule has 0 unspecified atom stereocenters. The summed E-state index contributed by atoms with van der Waals surface area (Å²) in [6.45, 7) is 6.89. The topological polar surface area (TPSA) is 253 Å². The van der Waals surface area contributed by atoms with E-state index >= 15 is 0 Å².